The topological polar surface area (TPSA) is 119 Å². The number of halogens is 1. The number of hydrogen-bond acceptors (Lipinski definition) is 7. The van der Waals surface area contributed by atoms with Gasteiger partial charge in [0.05, 0.1) is 37.1 Å². The highest BCUT2D eigenvalue weighted by Gasteiger charge is 2.35. The summed E-state index contributed by atoms with van der Waals surface area (Å²) in [6.07, 6.45) is -1.32. The van der Waals surface area contributed by atoms with Gasteiger partial charge in [0.2, 0.25) is 0 Å². The summed E-state index contributed by atoms with van der Waals surface area (Å²) in [5.74, 6) is 0.0793. The van der Waals surface area contributed by atoms with Gasteiger partial charge in [-0.2, -0.15) is 4.65 Å². The molecule has 0 bridgehead atoms. The van der Waals surface area contributed by atoms with Crippen molar-refractivity contribution < 1.29 is 39.4 Å². The SMILES string of the molecule is CC(C)Oc1ccc(F)cc1N1CC[N+](O)(CCCn2c(O)c3c(c2O)CC(O)C(O)C3)CC1. The zero-order valence-corrected chi connectivity index (χ0v) is 19.7. The highest BCUT2D eigenvalue weighted by molar-refractivity contribution is 5.59. The molecule has 2 heterocycles. The number of ether oxygens (including phenoxy) is 1. The molecule has 2 unspecified atom stereocenters. The number of aliphatic hydroxyl groups is 2. The van der Waals surface area contributed by atoms with Crippen molar-refractivity contribution in [1.82, 2.24) is 4.57 Å². The fourth-order valence-electron chi connectivity index (χ4n) is 4.94. The Balaban J connectivity index is 1.36. The van der Waals surface area contributed by atoms with Crippen LogP contribution >= 0.6 is 0 Å². The van der Waals surface area contributed by atoms with Crippen LogP contribution in [0.3, 0.4) is 0 Å². The van der Waals surface area contributed by atoms with E-state index in [0.717, 1.165) is 0 Å². The summed E-state index contributed by atoms with van der Waals surface area (Å²) in [5.41, 5.74) is 1.61. The summed E-state index contributed by atoms with van der Waals surface area (Å²) in [7, 11) is 0. The number of aromatic hydroxyl groups is 2. The molecule has 188 valence electrons. The molecule has 1 aromatic carbocycles. The van der Waals surface area contributed by atoms with Crippen molar-refractivity contribution in [2.24, 2.45) is 0 Å². The van der Waals surface area contributed by atoms with Crippen LogP contribution in [0.4, 0.5) is 10.1 Å². The Kier molecular flexibility index (Phi) is 6.95. The highest BCUT2D eigenvalue weighted by atomic mass is 19.1. The molecule has 2 atom stereocenters. The van der Waals surface area contributed by atoms with Gasteiger partial charge in [-0.1, -0.05) is 0 Å². The molecule has 1 aliphatic carbocycles. The van der Waals surface area contributed by atoms with Crippen molar-refractivity contribution in [3.05, 3.63) is 35.1 Å². The standard InChI is InChI=1S/C24H34FN3O6/c1-15(2)34-22-5-4-16(25)12-19(22)26-7-10-28(33,11-8-26)9-3-6-27-23(31)17-13-20(29)21(30)14-18(17)24(27)32/h4-5,12,15,20-21,29-30,33H,3,6-11,13-14H2,1-2H3,(H-,31,32)/p+1. The lowest BCUT2D eigenvalue weighted by Crippen LogP contribution is -2.58. The van der Waals surface area contributed by atoms with E-state index in [9.17, 15) is 30.0 Å². The van der Waals surface area contributed by atoms with Crippen molar-refractivity contribution >= 4 is 5.69 Å². The van der Waals surface area contributed by atoms with Gasteiger partial charge in [0.1, 0.15) is 31.2 Å². The molecule has 0 spiro atoms. The van der Waals surface area contributed by atoms with E-state index in [4.69, 9.17) is 4.74 Å². The van der Waals surface area contributed by atoms with E-state index in [0.29, 0.717) is 61.7 Å². The van der Waals surface area contributed by atoms with E-state index >= 15 is 0 Å². The minimum atomic E-state index is -0.972. The van der Waals surface area contributed by atoms with Gasteiger partial charge in [-0.3, -0.25) is 4.57 Å². The van der Waals surface area contributed by atoms with Crippen molar-refractivity contribution in [3.63, 3.8) is 0 Å². The number of aromatic nitrogens is 1. The maximum absolute atomic E-state index is 13.9. The quantitative estimate of drug-likeness (QED) is 0.383. The van der Waals surface area contributed by atoms with Crippen LogP contribution in [-0.2, 0) is 19.4 Å². The van der Waals surface area contributed by atoms with Gasteiger partial charge in [0, 0.05) is 43.0 Å². The normalized spacial score (nSPS) is 22.1. The summed E-state index contributed by atoms with van der Waals surface area (Å²) in [4.78, 5) is 2.02. The van der Waals surface area contributed by atoms with Gasteiger partial charge >= 0.3 is 0 Å². The van der Waals surface area contributed by atoms with Crippen molar-refractivity contribution in [1.29, 1.82) is 0 Å². The third-order valence-electron chi connectivity index (χ3n) is 6.84. The number of quaternary nitrogens is 1. The molecule has 4 rings (SSSR count). The van der Waals surface area contributed by atoms with E-state index in [-0.39, 0.29) is 47.7 Å². The Bertz CT molecular complexity index is 985. The zero-order valence-electron chi connectivity index (χ0n) is 19.7. The number of anilines is 1. The van der Waals surface area contributed by atoms with E-state index in [1.807, 2.05) is 18.7 Å². The predicted octanol–water partition coefficient (Wildman–Crippen LogP) is 1.76. The lowest BCUT2D eigenvalue weighted by molar-refractivity contribution is -1.10. The molecule has 5 N–H and O–H groups in total. The molecule has 0 amide bonds. The highest BCUT2D eigenvalue weighted by Crippen LogP contribution is 2.39. The summed E-state index contributed by atoms with van der Waals surface area (Å²) >= 11 is 0. The van der Waals surface area contributed by atoms with Crippen LogP contribution < -0.4 is 9.64 Å². The van der Waals surface area contributed by atoms with Gasteiger partial charge in [-0.05, 0) is 26.0 Å². The summed E-state index contributed by atoms with van der Waals surface area (Å²) < 4.78 is 21.0. The fourth-order valence-corrected chi connectivity index (χ4v) is 4.94. The smallest absolute Gasteiger partial charge is 0.197 e. The largest absolute Gasteiger partial charge is 0.494 e. The number of aliphatic hydroxyl groups excluding tert-OH is 2. The summed E-state index contributed by atoms with van der Waals surface area (Å²) in [6.45, 7) is 6.47. The van der Waals surface area contributed by atoms with Crippen molar-refractivity contribution in [3.8, 4) is 17.5 Å². The molecule has 1 aliphatic heterocycles. The predicted molar refractivity (Wildman–Crippen MR) is 123 cm³/mol. The molecule has 2 aliphatic rings. The molecule has 1 aromatic heterocycles. The number of piperazine rings is 1. The van der Waals surface area contributed by atoms with Gasteiger partial charge in [0.15, 0.2) is 11.8 Å². The Morgan fingerprint density at radius 1 is 1.06 bits per heavy atom. The molecule has 9 nitrogen and oxygen atoms in total. The summed E-state index contributed by atoms with van der Waals surface area (Å²) in [6, 6.07) is 4.47. The molecular weight excluding hydrogens is 445 g/mol. The van der Waals surface area contributed by atoms with E-state index < -0.39 is 12.2 Å². The first-order chi connectivity index (χ1) is 16.1. The van der Waals surface area contributed by atoms with E-state index in [1.165, 1.54) is 16.7 Å². The van der Waals surface area contributed by atoms with Crippen molar-refractivity contribution in [2.45, 2.75) is 58.0 Å². The lowest BCUT2D eigenvalue weighted by atomic mass is 9.90. The first-order valence-electron chi connectivity index (χ1n) is 11.9. The second-order valence-electron chi connectivity index (χ2n) is 9.68. The molecule has 1 saturated heterocycles. The van der Waals surface area contributed by atoms with Crippen LogP contribution in [-0.4, -0.2) is 85.9 Å². The van der Waals surface area contributed by atoms with Crippen LogP contribution in [0.2, 0.25) is 0 Å². The van der Waals surface area contributed by atoms with Crippen LogP contribution in [0.25, 0.3) is 0 Å². The minimum Gasteiger partial charge on any atom is -0.494 e. The number of fused-ring (bicyclic) bond motifs is 1. The molecule has 34 heavy (non-hydrogen) atoms. The Morgan fingerprint density at radius 3 is 2.21 bits per heavy atom. The van der Waals surface area contributed by atoms with Crippen LogP contribution in [0, 0.1) is 5.82 Å². The lowest BCUT2D eigenvalue weighted by Gasteiger charge is -2.40. The second-order valence-corrected chi connectivity index (χ2v) is 9.68. The third-order valence-corrected chi connectivity index (χ3v) is 6.84. The van der Waals surface area contributed by atoms with Gasteiger partial charge in [-0.25, -0.2) is 9.60 Å². The first-order valence-corrected chi connectivity index (χ1v) is 11.9. The van der Waals surface area contributed by atoms with Gasteiger partial charge < -0.3 is 30.1 Å². The number of nitrogens with zero attached hydrogens (tertiary/aromatic N) is 3. The Hall–Kier alpha value is -2.53. The Labute approximate surface area is 198 Å². The maximum Gasteiger partial charge on any atom is 0.197 e. The number of hydroxylamine groups is 3. The maximum atomic E-state index is 13.9. The van der Waals surface area contributed by atoms with Crippen LogP contribution in [0.15, 0.2) is 18.2 Å². The van der Waals surface area contributed by atoms with Gasteiger partial charge in [-0.15, -0.1) is 0 Å². The average Bonchev–Trinajstić information content (AvgIpc) is 3.00. The second kappa shape index (κ2) is 9.61. The van der Waals surface area contributed by atoms with Gasteiger partial charge in [0.25, 0.3) is 0 Å². The molecule has 2 aromatic rings. The Morgan fingerprint density at radius 2 is 1.65 bits per heavy atom. The average molecular weight is 481 g/mol. The zero-order chi connectivity index (χ0) is 24.6. The number of benzene rings is 1. The molecule has 0 radical (unpaired) electrons. The van der Waals surface area contributed by atoms with Crippen LogP contribution in [0.1, 0.15) is 31.4 Å². The third kappa shape index (κ3) is 4.95. The van der Waals surface area contributed by atoms with Crippen molar-refractivity contribution in [2.75, 3.05) is 37.6 Å². The monoisotopic (exact) mass is 480 g/mol. The molecular formula is C24H35FN3O6+. The number of rotatable bonds is 7. The molecule has 1 fully saturated rings. The van der Waals surface area contributed by atoms with E-state index in [1.54, 1.807) is 6.07 Å². The minimum absolute atomic E-state index is 0.0413. The fraction of sp³-hybridized carbons (Fsp3) is 0.583. The first kappa shape index (κ1) is 24.6. The van der Waals surface area contributed by atoms with Crippen LogP contribution in [0.5, 0.6) is 17.5 Å². The number of hydrogen-bond donors (Lipinski definition) is 5. The summed E-state index contributed by atoms with van der Waals surface area (Å²) in [5, 5.41) is 51.9. The van der Waals surface area contributed by atoms with E-state index in [2.05, 4.69) is 0 Å². The molecule has 0 saturated carbocycles. The molecule has 10 heteroatoms.